The molecule has 2 aromatic rings. The number of alkyl halides is 3. The van der Waals surface area contributed by atoms with E-state index in [-0.39, 0.29) is 11.3 Å². The van der Waals surface area contributed by atoms with Gasteiger partial charge in [-0.3, -0.25) is 0 Å². The lowest BCUT2D eigenvalue weighted by Crippen LogP contribution is -2.13. The van der Waals surface area contributed by atoms with Crippen molar-refractivity contribution in [2.45, 2.75) is 80.8 Å². The maximum absolute atomic E-state index is 12.4. The summed E-state index contributed by atoms with van der Waals surface area (Å²) in [6.45, 7) is 19.1. The van der Waals surface area contributed by atoms with Gasteiger partial charge in [-0.25, -0.2) is 0 Å². The van der Waals surface area contributed by atoms with Gasteiger partial charge >= 0.3 is 6.18 Å². The van der Waals surface area contributed by atoms with Gasteiger partial charge < -0.3 is 14.8 Å². The molecule has 2 rings (SSSR count). The van der Waals surface area contributed by atoms with E-state index in [0.717, 1.165) is 34.7 Å². The molecule has 0 atom stereocenters. The van der Waals surface area contributed by atoms with Gasteiger partial charge in [-0.2, -0.15) is 13.2 Å². The van der Waals surface area contributed by atoms with Crippen LogP contribution >= 0.6 is 11.6 Å². The smallest absolute Gasteiger partial charge is 0.393 e. The second kappa shape index (κ2) is 20.3. The first kappa shape index (κ1) is 36.4. The third-order valence-electron chi connectivity index (χ3n) is 4.27. The number of carbonyl (C=O) groups is 1. The fraction of sp³-hybridized carbons (Fsp3) is 0.433. The lowest BCUT2D eigenvalue weighted by Gasteiger charge is -2.12. The summed E-state index contributed by atoms with van der Waals surface area (Å²) in [4.78, 5) is 9.44. The molecule has 208 valence electrons. The molecule has 0 heterocycles. The molecule has 0 saturated carbocycles. The second-order valence-corrected chi connectivity index (χ2v) is 8.47. The molecular weight excluding hydrogens is 499 g/mol. The second-order valence-electron chi connectivity index (χ2n) is 8.06. The van der Waals surface area contributed by atoms with Crippen LogP contribution in [-0.4, -0.2) is 18.6 Å². The van der Waals surface area contributed by atoms with Crippen LogP contribution < -0.4 is 5.32 Å². The summed E-state index contributed by atoms with van der Waals surface area (Å²) < 4.78 is 42.5. The third-order valence-corrected chi connectivity index (χ3v) is 4.64. The first-order valence-electron chi connectivity index (χ1n) is 12.4. The Labute approximate surface area is 226 Å². The van der Waals surface area contributed by atoms with E-state index in [4.69, 9.17) is 16.3 Å². The first-order chi connectivity index (χ1) is 17.3. The van der Waals surface area contributed by atoms with E-state index in [2.05, 4.69) is 18.8 Å². The number of ketones is 1. The van der Waals surface area contributed by atoms with Gasteiger partial charge in [-0.1, -0.05) is 75.7 Å². The molecular formula is C30H43ClF3NO2. The molecule has 0 spiro atoms. The molecule has 0 aliphatic carbocycles. The molecule has 2 aromatic carbocycles. The highest BCUT2D eigenvalue weighted by Gasteiger charge is 2.27. The van der Waals surface area contributed by atoms with E-state index in [1.807, 2.05) is 58.0 Å². The number of benzene rings is 2. The van der Waals surface area contributed by atoms with Crippen molar-refractivity contribution in [2.24, 2.45) is 0 Å². The quantitative estimate of drug-likeness (QED) is 0.338. The molecule has 0 radical (unpaired) electrons. The minimum absolute atomic E-state index is 0.167. The number of rotatable bonds is 8. The Hall–Kier alpha value is -2.73. The van der Waals surface area contributed by atoms with Crippen molar-refractivity contribution in [1.29, 1.82) is 0 Å². The van der Waals surface area contributed by atoms with Gasteiger partial charge in [-0.05, 0) is 81.5 Å². The van der Waals surface area contributed by atoms with E-state index in [9.17, 15) is 18.0 Å². The number of hydrogen-bond acceptors (Lipinski definition) is 3. The van der Waals surface area contributed by atoms with E-state index in [0.29, 0.717) is 12.5 Å². The Morgan fingerprint density at radius 2 is 1.65 bits per heavy atom. The molecule has 37 heavy (non-hydrogen) atoms. The van der Waals surface area contributed by atoms with Gasteiger partial charge in [-0.15, -0.1) is 0 Å². The maximum atomic E-state index is 12.4. The van der Waals surface area contributed by atoms with Crippen molar-refractivity contribution in [3.05, 3.63) is 87.9 Å². The van der Waals surface area contributed by atoms with Crippen LogP contribution in [0, 0.1) is 6.92 Å². The predicted molar refractivity (Wildman–Crippen MR) is 152 cm³/mol. The summed E-state index contributed by atoms with van der Waals surface area (Å²) in [7, 11) is 0. The molecule has 1 N–H and O–H groups in total. The van der Waals surface area contributed by atoms with Crippen molar-refractivity contribution in [2.75, 3.05) is 6.61 Å². The minimum atomic E-state index is -4.18. The number of aryl methyl sites for hydroxylation is 2. The average molecular weight is 542 g/mol. The standard InChI is InChI=1S/C17H22F3NO.C8H9Cl.C3H6O.C2H6/c1-5-8-22-14(4)21-13(3)10-16-7-6-15(9-12(16)2)11-17(18,19)20;1-2-7-5-3-4-6-8(7)9;1-3(2)4;1-2/h6-7,9-10,21H,4-5,8,11H2,1-3H3;3-6H,2H2,1H3;1-2H3;1-2H3/b13-10+;;;. The highest BCUT2D eigenvalue weighted by Crippen LogP contribution is 2.23. The monoisotopic (exact) mass is 541 g/mol. The molecule has 0 aliphatic heterocycles. The molecule has 0 saturated heterocycles. The van der Waals surface area contributed by atoms with Crippen molar-refractivity contribution in [3.8, 4) is 0 Å². The third kappa shape index (κ3) is 20.1. The highest BCUT2D eigenvalue weighted by atomic mass is 35.5. The van der Waals surface area contributed by atoms with Crippen LogP contribution in [0.4, 0.5) is 13.2 Å². The SMILES string of the molecule is C=C(N/C(C)=C/c1ccc(CC(F)(F)F)cc1C)OCCC.CC.CC(C)=O.CCc1ccccc1Cl. The lowest BCUT2D eigenvalue weighted by atomic mass is 10.0. The van der Waals surface area contributed by atoms with Gasteiger partial charge in [0.2, 0.25) is 0 Å². The zero-order valence-electron chi connectivity index (χ0n) is 23.5. The summed E-state index contributed by atoms with van der Waals surface area (Å²) in [5.41, 5.74) is 3.96. The Balaban J connectivity index is 0. The normalized spacial score (nSPS) is 10.4. The Kier molecular flexibility index (Phi) is 20.0. The van der Waals surface area contributed by atoms with Crippen molar-refractivity contribution in [3.63, 3.8) is 0 Å². The number of halogens is 4. The molecule has 0 amide bonds. The Morgan fingerprint density at radius 1 is 1.08 bits per heavy atom. The molecule has 7 heteroatoms. The van der Waals surface area contributed by atoms with Crippen LogP contribution in [0.5, 0.6) is 0 Å². The molecule has 3 nitrogen and oxygen atoms in total. The van der Waals surface area contributed by atoms with Crippen molar-refractivity contribution < 1.29 is 22.7 Å². The van der Waals surface area contributed by atoms with Crippen LogP contribution in [-0.2, 0) is 22.4 Å². The summed E-state index contributed by atoms with van der Waals surface area (Å²) >= 11 is 5.82. The number of ether oxygens (including phenoxy) is 1. The van der Waals surface area contributed by atoms with E-state index in [1.54, 1.807) is 19.1 Å². The lowest BCUT2D eigenvalue weighted by molar-refractivity contribution is -0.127. The van der Waals surface area contributed by atoms with E-state index in [1.165, 1.54) is 25.5 Å². The van der Waals surface area contributed by atoms with Crippen LogP contribution in [0.3, 0.4) is 0 Å². The van der Waals surface area contributed by atoms with Gasteiger partial charge in [0, 0.05) is 10.7 Å². The van der Waals surface area contributed by atoms with Crippen molar-refractivity contribution in [1.82, 2.24) is 5.32 Å². The highest BCUT2D eigenvalue weighted by molar-refractivity contribution is 6.31. The van der Waals surface area contributed by atoms with Gasteiger partial charge in [0.15, 0.2) is 5.88 Å². The number of allylic oxidation sites excluding steroid dienone is 1. The number of hydrogen-bond donors (Lipinski definition) is 1. The van der Waals surface area contributed by atoms with Gasteiger partial charge in [0.05, 0.1) is 13.0 Å². The molecule has 0 aliphatic rings. The molecule has 0 fully saturated rings. The fourth-order valence-electron chi connectivity index (χ4n) is 2.78. The zero-order chi connectivity index (χ0) is 29.0. The van der Waals surface area contributed by atoms with E-state index >= 15 is 0 Å². The molecule has 0 bridgehead atoms. The average Bonchev–Trinajstić information content (AvgIpc) is 2.80. The Morgan fingerprint density at radius 3 is 2.08 bits per heavy atom. The fourth-order valence-corrected chi connectivity index (χ4v) is 3.05. The number of Topliss-reactive ketones (excluding diaryl/α,β-unsaturated/α-hetero) is 1. The molecule has 0 aromatic heterocycles. The topological polar surface area (TPSA) is 38.3 Å². The predicted octanol–water partition coefficient (Wildman–Crippen LogP) is 9.47. The first-order valence-corrected chi connectivity index (χ1v) is 12.8. The zero-order valence-corrected chi connectivity index (χ0v) is 24.2. The van der Waals surface area contributed by atoms with Crippen LogP contribution in [0.15, 0.2) is 60.6 Å². The van der Waals surface area contributed by atoms with Crippen LogP contribution in [0.25, 0.3) is 6.08 Å². The minimum Gasteiger partial charge on any atom is -0.479 e. The van der Waals surface area contributed by atoms with Gasteiger partial charge in [0.25, 0.3) is 0 Å². The number of carbonyl (C=O) groups excluding carboxylic acids is 1. The van der Waals surface area contributed by atoms with Crippen molar-refractivity contribution >= 4 is 23.5 Å². The van der Waals surface area contributed by atoms with Crippen LogP contribution in [0.1, 0.15) is 77.1 Å². The van der Waals surface area contributed by atoms with Crippen LogP contribution in [0.2, 0.25) is 5.02 Å². The summed E-state index contributed by atoms with van der Waals surface area (Å²) in [5, 5.41) is 3.88. The van der Waals surface area contributed by atoms with Gasteiger partial charge in [0.1, 0.15) is 5.78 Å². The maximum Gasteiger partial charge on any atom is 0.393 e. The number of nitrogens with one attached hydrogen (secondary N) is 1. The summed E-state index contributed by atoms with van der Waals surface area (Å²) in [6, 6.07) is 12.7. The van der Waals surface area contributed by atoms with E-state index < -0.39 is 12.6 Å². The molecule has 0 unspecified atom stereocenters. The summed E-state index contributed by atoms with van der Waals surface area (Å²) in [6.07, 6.45) is -1.33. The summed E-state index contributed by atoms with van der Waals surface area (Å²) in [5.74, 6) is 0.627. The largest absolute Gasteiger partial charge is 0.479 e. The Bertz CT molecular complexity index is 966.